The first-order valence-corrected chi connectivity index (χ1v) is 5.73. The van der Waals surface area contributed by atoms with Gasteiger partial charge in [0, 0.05) is 32.2 Å². The number of nitrogens with two attached hydrogens (primary N) is 1. The van der Waals surface area contributed by atoms with Gasteiger partial charge in [-0.15, -0.1) is 0 Å². The van der Waals surface area contributed by atoms with E-state index in [0.717, 1.165) is 43.4 Å². The van der Waals surface area contributed by atoms with Gasteiger partial charge in [0.15, 0.2) is 0 Å². The topological polar surface area (TPSA) is 67.1 Å². The van der Waals surface area contributed by atoms with Crippen molar-refractivity contribution in [2.45, 2.75) is 25.8 Å². The number of anilines is 2. The van der Waals surface area contributed by atoms with E-state index in [0.29, 0.717) is 0 Å². The molecule has 1 aromatic rings. The summed E-state index contributed by atoms with van der Waals surface area (Å²) >= 11 is 0. The molecule has 0 aromatic carbocycles. The van der Waals surface area contributed by atoms with Crippen LogP contribution in [0.5, 0.6) is 0 Å². The number of piperidine rings is 1. The highest BCUT2D eigenvalue weighted by Crippen LogP contribution is 2.19. The van der Waals surface area contributed by atoms with Crippen molar-refractivity contribution in [3.63, 3.8) is 0 Å². The molecule has 1 fully saturated rings. The molecule has 0 radical (unpaired) electrons. The van der Waals surface area contributed by atoms with Gasteiger partial charge in [-0.25, -0.2) is 9.97 Å². The van der Waals surface area contributed by atoms with Crippen LogP contribution in [0, 0.1) is 6.92 Å². The van der Waals surface area contributed by atoms with Crippen molar-refractivity contribution in [1.29, 1.82) is 0 Å². The minimum Gasteiger partial charge on any atom is -0.373 e. The molecule has 0 saturated carbocycles. The summed E-state index contributed by atoms with van der Waals surface area (Å²) in [5, 5.41) is 3.05. The zero-order valence-corrected chi connectivity index (χ0v) is 9.90. The molecule has 3 N–H and O–H groups in total. The Kier molecular flexibility index (Phi) is 3.24. The largest absolute Gasteiger partial charge is 0.373 e. The van der Waals surface area contributed by atoms with Gasteiger partial charge in [-0.2, -0.15) is 0 Å². The fourth-order valence-electron chi connectivity index (χ4n) is 2.06. The first-order chi connectivity index (χ1) is 7.69. The van der Waals surface area contributed by atoms with Gasteiger partial charge < -0.3 is 16.0 Å². The van der Waals surface area contributed by atoms with E-state index < -0.39 is 0 Å². The lowest BCUT2D eigenvalue weighted by molar-refractivity contribution is 0.503. The molecule has 1 aliphatic heterocycles. The molecule has 5 heteroatoms. The van der Waals surface area contributed by atoms with Crippen molar-refractivity contribution >= 4 is 11.6 Å². The zero-order chi connectivity index (χ0) is 11.5. The van der Waals surface area contributed by atoms with Gasteiger partial charge >= 0.3 is 0 Å². The maximum absolute atomic E-state index is 5.97. The summed E-state index contributed by atoms with van der Waals surface area (Å²) in [4.78, 5) is 11.0. The third-order valence-corrected chi connectivity index (χ3v) is 2.86. The fraction of sp³-hybridized carbons (Fsp3) is 0.636. The number of nitrogens with one attached hydrogen (secondary N) is 1. The molecule has 1 unspecified atom stereocenters. The van der Waals surface area contributed by atoms with E-state index >= 15 is 0 Å². The molecular formula is C11H19N5. The molecule has 5 nitrogen and oxygen atoms in total. The second-order valence-electron chi connectivity index (χ2n) is 4.26. The average molecular weight is 221 g/mol. The molecule has 0 aliphatic carbocycles. The molecule has 1 saturated heterocycles. The molecule has 2 heterocycles. The lowest BCUT2D eigenvalue weighted by atomic mass is 10.1. The Labute approximate surface area is 96.1 Å². The summed E-state index contributed by atoms with van der Waals surface area (Å²) in [6.07, 6.45) is 2.25. The van der Waals surface area contributed by atoms with Gasteiger partial charge in [0.25, 0.3) is 0 Å². The normalized spacial score (nSPS) is 20.9. The first-order valence-electron chi connectivity index (χ1n) is 5.73. The van der Waals surface area contributed by atoms with E-state index in [1.165, 1.54) is 0 Å². The van der Waals surface area contributed by atoms with E-state index in [1.54, 1.807) is 0 Å². The van der Waals surface area contributed by atoms with Crippen LogP contribution < -0.4 is 16.0 Å². The molecule has 2 rings (SSSR count). The maximum atomic E-state index is 5.97. The number of aryl methyl sites for hydroxylation is 1. The van der Waals surface area contributed by atoms with Gasteiger partial charge in [-0.3, -0.25) is 0 Å². The minimum absolute atomic E-state index is 0.266. The van der Waals surface area contributed by atoms with Gasteiger partial charge in [0.2, 0.25) is 0 Å². The minimum atomic E-state index is 0.266. The fourth-order valence-corrected chi connectivity index (χ4v) is 2.06. The monoisotopic (exact) mass is 221 g/mol. The smallest absolute Gasteiger partial charge is 0.134 e. The van der Waals surface area contributed by atoms with Crippen LogP contribution in [0.15, 0.2) is 6.07 Å². The van der Waals surface area contributed by atoms with Crippen LogP contribution in [0.25, 0.3) is 0 Å². The predicted molar refractivity (Wildman–Crippen MR) is 65.7 cm³/mol. The van der Waals surface area contributed by atoms with Crippen LogP contribution in [0.2, 0.25) is 0 Å². The number of hydrogen-bond acceptors (Lipinski definition) is 5. The van der Waals surface area contributed by atoms with Crippen molar-refractivity contribution in [3.05, 3.63) is 11.9 Å². The van der Waals surface area contributed by atoms with Crippen LogP contribution in [-0.2, 0) is 0 Å². The van der Waals surface area contributed by atoms with Crippen molar-refractivity contribution in [3.8, 4) is 0 Å². The highest BCUT2D eigenvalue weighted by Gasteiger charge is 2.18. The Morgan fingerprint density at radius 2 is 2.31 bits per heavy atom. The molecule has 1 atom stereocenters. The number of nitrogens with zero attached hydrogens (tertiary/aromatic N) is 3. The molecule has 16 heavy (non-hydrogen) atoms. The molecule has 1 aromatic heterocycles. The SMILES string of the molecule is CNc1cc(N2CCCC(N)C2)nc(C)n1. The predicted octanol–water partition coefficient (Wildman–Crippen LogP) is 0.754. The second-order valence-corrected chi connectivity index (χ2v) is 4.26. The van der Waals surface area contributed by atoms with Crippen molar-refractivity contribution in [2.24, 2.45) is 5.73 Å². The van der Waals surface area contributed by atoms with E-state index in [1.807, 2.05) is 20.0 Å². The lowest BCUT2D eigenvalue weighted by Crippen LogP contribution is -2.43. The molecule has 0 spiro atoms. The summed E-state index contributed by atoms with van der Waals surface area (Å²) < 4.78 is 0. The Morgan fingerprint density at radius 1 is 1.50 bits per heavy atom. The Balaban J connectivity index is 2.21. The maximum Gasteiger partial charge on any atom is 0.134 e. The summed E-state index contributed by atoms with van der Waals surface area (Å²) in [6, 6.07) is 2.24. The standard InChI is InChI=1S/C11H19N5/c1-8-14-10(13-2)6-11(15-8)16-5-3-4-9(12)7-16/h6,9H,3-5,7,12H2,1-2H3,(H,13,14,15). The van der Waals surface area contributed by atoms with Crippen LogP contribution in [-0.4, -0.2) is 36.1 Å². The van der Waals surface area contributed by atoms with Crippen molar-refractivity contribution < 1.29 is 0 Å². The number of rotatable bonds is 2. The van der Waals surface area contributed by atoms with E-state index in [4.69, 9.17) is 5.73 Å². The first kappa shape index (κ1) is 11.1. The summed E-state index contributed by atoms with van der Waals surface area (Å²) in [5.74, 6) is 2.63. The summed E-state index contributed by atoms with van der Waals surface area (Å²) in [7, 11) is 1.87. The molecule has 88 valence electrons. The number of aromatic nitrogens is 2. The third-order valence-electron chi connectivity index (χ3n) is 2.86. The molecule has 1 aliphatic rings. The molecule has 0 amide bonds. The quantitative estimate of drug-likeness (QED) is 0.771. The Hall–Kier alpha value is -1.36. The van der Waals surface area contributed by atoms with E-state index in [9.17, 15) is 0 Å². The average Bonchev–Trinajstić information content (AvgIpc) is 2.28. The zero-order valence-electron chi connectivity index (χ0n) is 9.90. The summed E-state index contributed by atoms with van der Waals surface area (Å²) in [5.41, 5.74) is 5.97. The van der Waals surface area contributed by atoms with Crippen LogP contribution in [0.3, 0.4) is 0 Å². The molecule has 0 bridgehead atoms. The van der Waals surface area contributed by atoms with Gasteiger partial charge in [-0.05, 0) is 19.8 Å². The van der Waals surface area contributed by atoms with Gasteiger partial charge in [-0.1, -0.05) is 0 Å². The highest BCUT2D eigenvalue weighted by molar-refractivity contribution is 5.49. The van der Waals surface area contributed by atoms with Crippen LogP contribution >= 0.6 is 0 Å². The third kappa shape index (κ3) is 2.41. The van der Waals surface area contributed by atoms with Crippen molar-refractivity contribution in [2.75, 3.05) is 30.4 Å². The van der Waals surface area contributed by atoms with Crippen LogP contribution in [0.4, 0.5) is 11.6 Å². The van der Waals surface area contributed by atoms with Crippen LogP contribution in [0.1, 0.15) is 18.7 Å². The molecular weight excluding hydrogens is 202 g/mol. The second kappa shape index (κ2) is 4.65. The van der Waals surface area contributed by atoms with Crippen molar-refractivity contribution in [1.82, 2.24) is 9.97 Å². The van der Waals surface area contributed by atoms with E-state index in [-0.39, 0.29) is 6.04 Å². The summed E-state index contributed by atoms with van der Waals surface area (Å²) in [6.45, 7) is 3.83. The Bertz CT molecular complexity index is 365. The lowest BCUT2D eigenvalue weighted by Gasteiger charge is -2.31. The van der Waals surface area contributed by atoms with Gasteiger partial charge in [0.05, 0.1) is 0 Å². The van der Waals surface area contributed by atoms with Gasteiger partial charge in [0.1, 0.15) is 17.5 Å². The van der Waals surface area contributed by atoms with E-state index in [2.05, 4.69) is 20.2 Å². The Morgan fingerprint density at radius 3 is 3.00 bits per heavy atom. The number of hydrogen-bond donors (Lipinski definition) is 2. The highest BCUT2D eigenvalue weighted by atomic mass is 15.2.